The van der Waals surface area contributed by atoms with Crippen molar-refractivity contribution in [1.29, 1.82) is 0 Å². The number of carbonyl (C=O) groups is 1. The van der Waals surface area contributed by atoms with Gasteiger partial charge in [0, 0.05) is 5.92 Å². The van der Waals surface area contributed by atoms with Crippen LogP contribution in [-0.2, 0) is 4.79 Å². The predicted octanol–water partition coefficient (Wildman–Crippen LogP) is 3.90. The first kappa shape index (κ1) is 12.2. The molecule has 1 heteroatoms. The van der Waals surface area contributed by atoms with Crippen LogP contribution >= 0.6 is 0 Å². The number of carbonyl (C=O) groups excluding carboxylic acids is 1. The number of ketones is 1. The van der Waals surface area contributed by atoms with Crippen molar-refractivity contribution in [2.75, 3.05) is 0 Å². The fourth-order valence-electron chi connectivity index (χ4n) is 2.69. The predicted molar refractivity (Wildman–Crippen MR) is 64.7 cm³/mol. The molecule has 1 nitrogen and oxygen atoms in total. The monoisotopic (exact) mass is 206 g/mol. The van der Waals surface area contributed by atoms with Crippen LogP contribution in [0, 0.1) is 11.3 Å². The second-order valence-corrected chi connectivity index (χ2v) is 4.85. The maximum absolute atomic E-state index is 12.0. The molecule has 15 heavy (non-hydrogen) atoms. The van der Waals surface area contributed by atoms with Crippen molar-refractivity contribution in [3.05, 3.63) is 24.3 Å². The van der Waals surface area contributed by atoms with E-state index in [1.54, 1.807) is 6.08 Å². The molecule has 84 valence electrons. The van der Waals surface area contributed by atoms with Crippen LogP contribution in [0.1, 0.15) is 46.5 Å². The molecule has 0 aliphatic heterocycles. The van der Waals surface area contributed by atoms with Crippen molar-refractivity contribution >= 4 is 5.78 Å². The molecule has 2 atom stereocenters. The first-order valence-electron chi connectivity index (χ1n) is 5.89. The van der Waals surface area contributed by atoms with Crippen LogP contribution in [0.15, 0.2) is 24.3 Å². The molecule has 0 bridgehead atoms. The van der Waals surface area contributed by atoms with Crippen molar-refractivity contribution in [2.45, 2.75) is 46.5 Å². The summed E-state index contributed by atoms with van der Waals surface area (Å²) >= 11 is 0. The lowest BCUT2D eigenvalue weighted by atomic mass is 9.62. The maximum Gasteiger partial charge on any atom is 0.162 e. The molecule has 1 saturated carbocycles. The lowest BCUT2D eigenvalue weighted by Gasteiger charge is -2.41. The fraction of sp³-hybridized carbons (Fsp3) is 0.643. The molecule has 0 saturated heterocycles. The van der Waals surface area contributed by atoms with Gasteiger partial charge in [-0.1, -0.05) is 32.1 Å². The van der Waals surface area contributed by atoms with Crippen molar-refractivity contribution in [2.24, 2.45) is 11.3 Å². The summed E-state index contributed by atoms with van der Waals surface area (Å²) in [7, 11) is 0. The lowest BCUT2D eigenvalue weighted by molar-refractivity contribution is -0.121. The van der Waals surface area contributed by atoms with Crippen LogP contribution in [0.5, 0.6) is 0 Å². The quantitative estimate of drug-likeness (QED) is 0.505. The smallest absolute Gasteiger partial charge is 0.162 e. The number of hydrogen-bond donors (Lipinski definition) is 0. The van der Waals surface area contributed by atoms with Crippen molar-refractivity contribution in [3.8, 4) is 0 Å². The highest BCUT2D eigenvalue weighted by molar-refractivity contribution is 5.94. The Morgan fingerprint density at radius 1 is 1.67 bits per heavy atom. The molecule has 0 amide bonds. The van der Waals surface area contributed by atoms with Crippen molar-refractivity contribution < 1.29 is 4.79 Å². The van der Waals surface area contributed by atoms with E-state index in [1.165, 1.54) is 6.42 Å². The van der Waals surface area contributed by atoms with Crippen LogP contribution in [0.25, 0.3) is 0 Å². The highest BCUT2D eigenvalue weighted by Crippen LogP contribution is 2.46. The Hall–Kier alpha value is -0.850. The van der Waals surface area contributed by atoms with Crippen LogP contribution < -0.4 is 0 Å². The molecule has 0 N–H and O–H groups in total. The van der Waals surface area contributed by atoms with Crippen molar-refractivity contribution in [1.82, 2.24) is 0 Å². The van der Waals surface area contributed by atoms with Gasteiger partial charge < -0.3 is 0 Å². The second-order valence-electron chi connectivity index (χ2n) is 4.85. The van der Waals surface area contributed by atoms with Gasteiger partial charge in [0.1, 0.15) is 0 Å². The minimum Gasteiger partial charge on any atom is -0.294 e. The Labute approximate surface area is 93.3 Å². The third-order valence-corrected chi connectivity index (χ3v) is 3.77. The van der Waals surface area contributed by atoms with Crippen molar-refractivity contribution in [3.63, 3.8) is 0 Å². The van der Waals surface area contributed by atoms with E-state index in [-0.39, 0.29) is 17.1 Å². The third kappa shape index (κ3) is 2.39. The Bertz CT molecular complexity index is 288. The summed E-state index contributed by atoms with van der Waals surface area (Å²) in [6, 6.07) is 0. The Morgan fingerprint density at radius 2 is 2.33 bits per heavy atom. The van der Waals surface area contributed by atoms with E-state index in [0.29, 0.717) is 0 Å². The minimum absolute atomic E-state index is 0.0486. The summed E-state index contributed by atoms with van der Waals surface area (Å²) < 4.78 is 0. The maximum atomic E-state index is 12.0. The normalized spacial score (nSPS) is 32.2. The van der Waals surface area contributed by atoms with Gasteiger partial charge in [-0.2, -0.15) is 0 Å². The summed E-state index contributed by atoms with van der Waals surface area (Å²) in [4.78, 5) is 12.0. The largest absolute Gasteiger partial charge is 0.294 e. The first-order valence-corrected chi connectivity index (χ1v) is 5.89. The molecule has 0 radical (unpaired) electrons. The van der Waals surface area contributed by atoms with E-state index in [2.05, 4.69) is 20.4 Å². The topological polar surface area (TPSA) is 17.1 Å². The molecule has 1 fully saturated rings. The summed E-state index contributed by atoms with van der Waals surface area (Å²) in [5, 5.41) is 0. The zero-order chi connectivity index (χ0) is 11.5. The van der Waals surface area contributed by atoms with Crippen LogP contribution in [0.2, 0.25) is 0 Å². The highest BCUT2D eigenvalue weighted by atomic mass is 16.1. The van der Waals surface area contributed by atoms with Gasteiger partial charge >= 0.3 is 0 Å². The van der Waals surface area contributed by atoms with Gasteiger partial charge in [0.25, 0.3) is 0 Å². The molecule has 0 aromatic rings. The number of hydrogen-bond acceptors (Lipinski definition) is 1. The van der Waals surface area contributed by atoms with Gasteiger partial charge in [-0.15, -0.1) is 0 Å². The molecule has 0 unspecified atom stereocenters. The third-order valence-electron chi connectivity index (χ3n) is 3.77. The van der Waals surface area contributed by atoms with E-state index in [9.17, 15) is 4.79 Å². The van der Waals surface area contributed by atoms with Crippen LogP contribution in [0.4, 0.5) is 0 Å². The van der Waals surface area contributed by atoms with Gasteiger partial charge in [-0.05, 0) is 44.1 Å². The fourth-order valence-corrected chi connectivity index (χ4v) is 2.69. The van der Waals surface area contributed by atoms with E-state index in [0.717, 1.165) is 24.8 Å². The van der Waals surface area contributed by atoms with E-state index >= 15 is 0 Å². The molecular formula is C14H22O. The van der Waals surface area contributed by atoms with Crippen LogP contribution in [0.3, 0.4) is 0 Å². The summed E-state index contributed by atoms with van der Waals surface area (Å²) in [6.07, 6.45) is 7.94. The Kier molecular flexibility index (Phi) is 3.90. The molecule has 1 aliphatic carbocycles. The van der Waals surface area contributed by atoms with Gasteiger partial charge in [0.05, 0.1) is 0 Å². The SMILES string of the molecule is C=C1CCC[C@](C)(CC)[C@H]1C(=O)C=CC. The van der Waals surface area contributed by atoms with Gasteiger partial charge in [-0.25, -0.2) is 0 Å². The standard InChI is InChI=1S/C14H22O/c1-5-8-12(15)13-11(3)9-7-10-14(13,4)6-2/h5,8,13H,3,6-7,9-10H2,1-2,4H3/t13-,14+/m1/s1. The van der Waals surface area contributed by atoms with Gasteiger partial charge in [-0.3, -0.25) is 4.79 Å². The summed E-state index contributed by atoms with van der Waals surface area (Å²) in [5.41, 5.74) is 1.26. The molecule has 0 aromatic carbocycles. The Balaban J connectivity index is 2.96. The Morgan fingerprint density at radius 3 is 2.87 bits per heavy atom. The van der Waals surface area contributed by atoms with E-state index in [4.69, 9.17) is 0 Å². The molecule has 0 spiro atoms. The van der Waals surface area contributed by atoms with Gasteiger partial charge in [0.2, 0.25) is 0 Å². The highest BCUT2D eigenvalue weighted by Gasteiger charge is 2.40. The first-order chi connectivity index (χ1) is 7.05. The molecule has 0 heterocycles. The molecular weight excluding hydrogens is 184 g/mol. The molecule has 1 aliphatic rings. The lowest BCUT2D eigenvalue weighted by Crippen LogP contribution is -2.36. The number of rotatable bonds is 3. The zero-order valence-corrected chi connectivity index (χ0v) is 10.2. The summed E-state index contributed by atoms with van der Waals surface area (Å²) in [6.45, 7) is 10.4. The second kappa shape index (κ2) is 4.78. The molecule has 0 aromatic heterocycles. The summed E-state index contributed by atoms with van der Waals surface area (Å²) in [5.74, 6) is 0.291. The average molecular weight is 206 g/mol. The average Bonchev–Trinajstić information content (AvgIpc) is 2.18. The number of allylic oxidation sites excluding steroid dienone is 3. The van der Waals surface area contributed by atoms with Gasteiger partial charge in [0.15, 0.2) is 5.78 Å². The molecule has 1 rings (SSSR count). The zero-order valence-electron chi connectivity index (χ0n) is 10.2. The van der Waals surface area contributed by atoms with E-state index < -0.39 is 0 Å². The van der Waals surface area contributed by atoms with E-state index in [1.807, 2.05) is 13.0 Å². The van der Waals surface area contributed by atoms with Crippen LogP contribution in [-0.4, -0.2) is 5.78 Å². The minimum atomic E-state index is 0.0486.